The first kappa shape index (κ1) is 15.2. The number of nitro benzene ring substituents is 1. The van der Waals surface area contributed by atoms with Crippen molar-refractivity contribution in [3.05, 3.63) is 56.2 Å². The standard InChI is InChI=1S/C13H12BrN3O4/c1-7-6-15-13(21-7)8(2)16-12(18)9-3-4-10(14)11(5-9)17(19)20/h3-6,8H,1-2H3,(H,16,18). The van der Waals surface area contributed by atoms with Gasteiger partial charge in [-0.3, -0.25) is 14.9 Å². The van der Waals surface area contributed by atoms with Crippen molar-refractivity contribution in [2.75, 3.05) is 0 Å². The predicted octanol–water partition coefficient (Wildman–Crippen LogP) is 3.14. The second kappa shape index (κ2) is 6.04. The van der Waals surface area contributed by atoms with Crippen LogP contribution in [0.5, 0.6) is 0 Å². The van der Waals surface area contributed by atoms with Crippen molar-refractivity contribution in [3.63, 3.8) is 0 Å². The van der Waals surface area contributed by atoms with E-state index in [1.165, 1.54) is 18.2 Å². The first-order valence-corrected chi connectivity index (χ1v) is 6.85. The van der Waals surface area contributed by atoms with Gasteiger partial charge in [-0.2, -0.15) is 0 Å². The van der Waals surface area contributed by atoms with Gasteiger partial charge in [-0.05, 0) is 41.9 Å². The molecule has 1 atom stereocenters. The lowest BCUT2D eigenvalue weighted by atomic mass is 10.2. The van der Waals surface area contributed by atoms with Crippen molar-refractivity contribution in [3.8, 4) is 0 Å². The molecule has 1 N–H and O–H groups in total. The average Bonchev–Trinajstić information content (AvgIpc) is 2.85. The normalized spacial score (nSPS) is 12.0. The smallest absolute Gasteiger partial charge is 0.284 e. The number of carbonyl (C=O) groups is 1. The molecule has 0 spiro atoms. The maximum absolute atomic E-state index is 12.1. The van der Waals surface area contributed by atoms with Crippen molar-refractivity contribution in [2.24, 2.45) is 0 Å². The number of oxazole rings is 1. The highest BCUT2D eigenvalue weighted by atomic mass is 79.9. The van der Waals surface area contributed by atoms with Crippen LogP contribution in [0, 0.1) is 17.0 Å². The molecule has 0 aliphatic carbocycles. The Labute approximate surface area is 128 Å². The summed E-state index contributed by atoms with van der Waals surface area (Å²) in [5.74, 6) is 0.590. The fourth-order valence-electron chi connectivity index (χ4n) is 1.71. The first-order valence-electron chi connectivity index (χ1n) is 6.05. The van der Waals surface area contributed by atoms with Gasteiger partial charge < -0.3 is 9.73 Å². The van der Waals surface area contributed by atoms with Gasteiger partial charge in [-0.25, -0.2) is 4.98 Å². The maximum atomic E-state index is 12.1. The van der Waals surface area contributed by atoms with E-state index in [0.29, 0.717) is 16.1 Å². The number of aromatic nitrogens is 1. The maximum Gasteiger partial charge on any atom is 0.284 e. The Kier molecular flexibility index (Phi) is 4.37. The average molecular weight is 354 g/mol. The minimum atomic E-state index is -0.554. The van der Waals surface area contributed by atoms with E-state index < -0.39 is 16.9 Å². The molecule has 1 aromatic carbocycles. The highest BCUT2D eigenvalue weighted by Gasteiger charge is 2.19. The third-order valence-corrected chi connectivity index (χ3v) is 3.43. The van der Waals surface area contributed by atoms with Gasteiger partial charge in [0, 0.05) is 11.6 Å². The van der Waals surface area contributed by atoms with Gasteiger partial charge in [0.2, 0.25) is 5.89 Å². The number of hydrogen-bond acceptors (Lipinski definition) is 5. The monoisotopic (exact) mass is 353 g/mol. The number of halogens is 1. The highest BCUT2D eigenvalue weighted by Crippen LogP contribution is 2.25. The summed E-state index contributed by atoms with van der Waals surface area (Å²) >= 11 is 3.07. The zero-order valence-corrected chi connectivity index (χ0v) is 12.9. The summed E-state index contributed by atoms with van der Waals surface area (Å²) in [6.07, 6.45) is 1.56. The molecule has 0 saturated heterocycles. The molecule has 1 aromatic heterocycles. The number of nitrogens with zero attached hydrogens (tertiary/aromatic N) is 2. The number of hydrogen-bond donors (Lipinski definition) is 1. The van der Waals surface area contributed by atoms with Crippen LogP contribution in [-0.2, 0) is 0 Å². The summed E-state index contributed by atoms with van der Waals surface area (Å²) in [5.41, 5.74) is 0.0299. The van der Waals surface area contributed by atoms with Gasteiger partial charge in [0.25, 0.3) is 11.6 Å². The number of nitro groups is 1. The van der Waals surface area contributed by atoms with Gasteiger partial charge in [0.1, 0.15) is 11.8 Å². The van der Waals surface area contributed by atoms with Crippen LogP contribution in [0.25, 0.3) is 0 Å². The highest BCUT2D eigenvalue weighted by molar-refractivity contribution is 9.10. The van der Waals surface area contributed by atoms with Crippen molar-refractivity contribution in [2.45, 2.75) is 19.9 Å². The second-order valence-electron chi connectivity index (χ2n) is 4.43. The zero-order chi connectivity index (χ0) is 15.6. The summed E-state index contributed by atoms with van der Waals surface area (Å²) in [6, 6.07) is 3.74. The van der Waals surface area contributed by atoms with E-state index >= 15 is 0 Å². The molecule has 110 valence electrons. The third-order valence-electron chi connectivity index (χ3n) is 2.76. The van der Waals surface area contributed by atoms with Gasteiger partial charge >= 0.3 is 0 Å². The molecule has 21 heavy (non-hydrogen) atoms. The first-order chi connectivity index (χ1) is 9.88. The molecule has 0 bridgehead atoms. The molecule has 1 heterocycles. The molecule has 8 heteroatoms. The van der Waals surface area contributed by atoms with E-state index in [1.807, 2.05) is 0 Å². The lowest BCUT2D eigenvalue weighted by Crippen LogP contribution is -2.26. The molecule has 2 aromatic rings. The lowest BCUT2D eigenvalue weighted by molar-refractivity contribution is -0.385. The Morgan fingerprint density at radius 2 is 2.24 bits per heavy atom. The Balaban J connectivity index is 2.17. The molecule has 1 amide bonds. The van der Waals surface area contributed by atoms with Gasteiger partial charge in [0.15, 0.2) is 0 Å². The van der Waals surface area contributed by atoms with E-state index in [9.17, 15) is 14.9 Å². The Morgan fingerprint density at radius 3 is 2.81 bits per heavy atom. The molecular formula is C13H12BrN3O4. The predicted molar refractivity (Wildman–Crippen MR) is 77.9 cm³/mol. The number of carbonyl (C=O) groups excluding carboxylic acids is 1. The fourth-order valence-corrected chi connectivity index (χ4v) is 2.10. The number of rotatable bonds is 4. The van der Waals surface area contributed by atoms with Crippen LogP contribution in [0.3, 0.4) is 0 Å². The summed E-state index contributed by atoms with van der Waals surface area (Å²) in [4.78, 5) is 26.4. The largest absolute Gasteiger partial charge is 0.444 e. The van der Waals surface area contributed by atoms with E-state index in [1.54, 1.807) is 20.0 Å². The summed E-state index contributed by atoms with van der Waals surface area (Å²) in [7, 11) is 0. The van der Waals surface area contributed by atoms with Crippen molar-refractivity contribution < 1.29 is 14.1 Å². The van der Waals surface area contributed by atoms with Crippen LogP contribution in [0.1, 0.15) is 35.0 Å². The number of aryl methyl sites for hydroxylation is 1. The molecule has 0 saturated carbocycles. The molecule has 1 unspecified atom stereocenters. The van der Waals surface area contributed by atoms with Crippen LogP contribution >= 0.6 is 15.9 Å². The summed E-state index contributed by atoms with van der Waals surface area (Å²) in [6.45, 7) is 3.47. The van der Waals surface area contributed by atoms with Gasteiger partial charge in [0.05, 0.1) is 15.6 Å². The van der Waals surface area contributed by atoms with Crippen LogP contribution in [0.4, 0.5) is 5.69 Å². The van der Waals surface area contributed by atoms with Gasteiger partial charge in [-0.1, -0.05) is 0 Å². The zero-order valence-electron chi connectivity index (χ0n) is 11.3. The molecule has 0 aliphatic rings. The summed E-state index contributed by atoms with van der Waals surface area (Å²) in [5, 5.41) is 13.5. The van der Waals surface area contributed by atoms with E-state index in [2.05, 4.69) is 26.2 Å². The Morgan fingerprint density at radius 1 is 1.52 bits per heavy atom. The molecule has 2 rings (SSSR count). The second-order valence-corrected chi connectivity index (χ2v) is 5.28. The SMILES string of the molecule is Cc1cnc(C(C)NC(=O)c2ccc(Br)c([N+](=O)[O-])c2)o1. The van der Waals surface area contributed by atoms with Crippen molar-refractivity contribution in [1.82, 2.24) is 10.3 Å². The fraction of sp³-hybridized carbons (Fsp3) is 0.231. The Bertz CT molecular complexity index is 698. The van der Waals surface area contributed by atoms with Crippen LogP contribution in [0.2, 0.25) is 0 Å². The minimum Gasteiger partial charge on any atom is -0.444 e. The minimum absolute atomic E-state index is 0.165. The molecule has 7 nitrogen and oxygen atoms in total. The topological polar surface area (TPSA) is 98.3 Å². The van der Waals surface area contributed by atoms with Gasteiger partial charge in [-0.15, -0.1) is 0 Å². The van der Waals surface area contributed by atoms with Crippen LogP contribution in [0.15, 0.2) is 33.3 Å². The van der Waals surface area contributed by atoms with E-state index in [4.69, 9.17) is 4.42 Å². The number of nitrogens with one attached hydrogen (secondary N) is 1. The van der Waals surface area contributed by atoms with Crippen LogP contribution < -0.4 is 5.32 Å². The molecule has 0 radical (unpaired) electrons. The summed E-state index contributed by atoms with van der Waals surface area (Å²) < 4.78 is 5.64. The lowest BCUT2D eigenvalue weighted by Gasteiger charge is -2.10. The molecule has 0 fully saturated rings. The van der Waals surface area contributed by atoms with E-state index in [-0.39, 0.29) is 11.3 Å². The molecule has 0 aliphatic heterocycles. The van der Waals surface area contributed by atoms with Crippen molar-refractivity contribution in [1.29, 1.82) is 0 Å². The van der Waals surface area contributed by atoms with Crippen molar-refractivity contribution >= 4 is 27.5 Å². The van der Waals surface area contributed by atoms with Crippen LogP contribution in [-0.4, -0.2) is 15.8 Å². The van der Waals surface area contributed by atoms with E-state index in [0.717, 1.165) is 0 Å². The molecular weight excluding hydrogens is 342 g/mol. The number of benzene rings is 1. The third kappa shape index (κ3) is 3.46. The Hall–Kier alpha value is -2.22. The number of amides is 1. The quantitative estimate of drug-likeness (QED) is 0.672.